The molecule has 5 nitrogen and oxygen atoms in total. The minimum absolute atomic E-state index is 0.303. The molecule has 6 heteroatoms. The molecule has 1 N–H and O–H groups in total. The van der Waals surface area contributed by atoms with Gasteiger partial charge in [-0.3, -0.25) is 9.88 Å². The maximum Gasteiger partial charge on any atom is 0.146 e. The van der Waals surface area contributed by atoms with Gasteiger partial charge in [0.1, 0.15) is 11.9 Å². The number of anilines is 2. The predicted octanol–water partition coefficient (Wildman–Crippen LogP) is 4.00. The lowest BCUT2D eigenvalue weighted by molar-refractivity contribution is 0.213. The average molecular weight is 435 g/mol. The molecule has 0 radical (unpaired) electrons. The number of aliphatic hydroxyl groups is 1. The second-order valence-electron chi connectivity index (χ2n) is 8.61. The van der Waals surface area contributed by atoms with E-state index in [0.717, 1.165) is 25.2 Å². The highest BCUT2D eigenvalue weighted by Gasteiger charge is 2.26. The molecular weight excluding hydrogens is 403 g/mol. The molecule has 4 rings (SSSR count). The van der Waals surface area contributed by atoms with Gasteiger partial charge in [0.15, 0.2) is 0 Å². The molecule has 1 fully saturated rings. The van der Waals surface area contributed by atoms with Crippen LogP contribution in [0, 0.1) is 12.7 Å². The van der Waals surface area contributed by atoms with Crippen LogP contribution in [0.4, 0.5) is 15.8 Å². The normalized spacial score (nSPS) is 15.6. The zero-order valence-electron chi connectivity index (χ0n) is 19.0. The molecule has 168 valence electrons. The van der Waals surface area contributed by atoms with Gasteiger partial charge >= 0.3 is 0 Å². The number of hydrogen-bond donors (Lipinski definition) is 1. The summed E-state index contributed by atoms with van der Waals surface area (Å²) in [5.74, 6) is -0.303. The van der Waals surface area contributed by atoms with E-state index >= 15 is 0 Å². The number of pyridine rings is 1. The van der Waals surface area contributed by atoms with Crippen molar-refractivity contribution in [2.45, 2.75) is 19.6 Å². The summed E-state index contributed by atoms with van der Waals surface area (Å²) < 4.78 is 15.0. The number of halogens is 1. The van der Waals surface area contributed by atoms with Crippen molar-refractivity contribution in [3.8, 4) is 0 Å². The highest BCUT2D eigenvalue weighted by molar-refractivity contribution is 5.58. The Bertz CT molecular complexity index is 1050. The summed E-state index contributed by atoms with van der Waals surface area (Å²) in [4.78, 5) is 10.9. The van der Waals surface area contributed by atoms with Crippen molar-refractivity contribution in [3.05, 3.63) is 89.0 Å². The molecule has 0 amide bonds. The summed E-state index contributed by atoms with van der Waals surface area (Å²) >= 11 is 0. The summed E-state index contributed by atoms with van der Waals surface area (Å²) in [6.45, 7) is 5.87. The lowest BCUT2D eigenvalue weighted by Gasteiger charge is -2.37. The summed E-state index contributed by atoms with van der Waals surface area (Å²) in [5, 5.41) is 11.0. The van der Waals surface area contributed by atoms with Crippen LogP contribution in [0.5, 0.6) is 0 Å². The number of aromatic nitrogens is 1. The average Bonchev–Trinajstić information content (AvgIpc) is 2.80. The summed E-state index contributed by atoms with van der Waals surface area (Å²) in [6, 6.07) is 17.3. The molecule has 2 aromatic carbocycles. The molecular formula is C26H31FN4O. The third kappa shape index (κ3) is 4.76. The molecule has 0 unspecified atom stereocenters. The van der Waals surface area contributed by atoms with Gasteiger partial charge in [-0.05, 0) is 42.3 Å². The molecule has 1 saturated heterocycles. The Morgan fingerprint density at radius 2 is 1.72 bits per heavy atom. The van der Waals surface area contributed by atoms with Crippen LogP contribution in [0.25, 0.3) is 0 Å². The number of aryl methyl sites for hydroxylation is 1. The fraction of sp³-hybridized carbons (Fsp3) is 0.346. The van der Waals surface area contributed by atoms with Crippen LogP contribution >= 0.6 is 0 Å². The van der Waals surface area contributed by atoms with Gasteiger partial charge in [-0.25, -0.2) is 4.39 Å². The Morgan fingerprint density at radius 1 is 1.00 bits per heavy atom. The van der Waals surface area contributed by atoms with Crippen LogP contribution in [0.1, 0.15) is 28.5 Å². The quantitative estimate of drug-likeness (QED) is 0.635. The Hall–Kier alpha value is -2.96. The van der Waals surface area contributed by atoms with Gasteiger partial charge in [-0.1, -0.05) is 30.3 Å². The third-order valence-corrected chi connectivity index (χ3v) is 6.17. The molecule has 0 bridgehead atoms. The lowest BCUT2D eigenvalue weighted by atomic mass is 9.99. The van der Waals surface area contributed by atoms with Gasteiger partial charge in [0.05, 0.1) is 11.4 Å². The second-order valence-corrected chi connectivity index (χ2v) is 8.61. The molecule has 0 saturated carbocycles. The first-order valence-corrected chi connectivity index (χ1v) is 11.1. The van der Waals surface area contributed by atoms with Crippen molar-refractivity contribution >= 4 is 11.4 Å². The van der Waals surface area contributed by atoms with Gasteiger partial charge < -0.3 is 14.9 Å². The minimum Gasteiger partial charge on any atom is -0.382 e. The number of aliphatic hydroxyl groups excluding tert-OH is 1. The standard InChI is InChI=1S/C26H31FN4O/c1-19-6-5-13-28-24(19)26(32)22-7-4-8-23(27)25(22)31-16-14-30(15-17-31)18-20-9-11-21(12-10-20)29(2)3/h4-13,26,32H,14-18H2,1-3H3/t26-/m0/s1. The van der Waals surface area contributed by atoms with Gasteiger partial charge in [-0.15, -0.1) is 0 Å². The largest absolute Gasteiger partial charge is 0.382 e. The van der Waals surface area contributed by atoms with Crippen molar-refractivity contribution in [1.29, 1.82) is 0 Å². The molecule has 1 atom stereocenters. The maximum atomic E-state index is 15.0. The van der Waals surface area contributed by atoms with Crippen molar-refractivity contribution < 1.29 is 9.50 Å². The fourth-order valence-corrected chi connectivity index (χ4v) is 4.31. The summed E-state index contributed by atoms with van der Waals surface area (Å²) in [7, 11) is 4.08. The number of piperazine rings is 1. The van der Waals surface area contributed by atoms with Crippen LogP contribution < -0.4 is 9.80 Å². The van der Waals surface area contributed by atoms with E-state index in [1.165, 1.54) is 17.3 Å². The zero-order chi connectivity index (χ0) is 22.7. The fourth-order valence-electron chi connectivity index (χ4n) is 4.31. The molecule has 1 aromatic heterocycles. The first-order chi connectivity index (χ1) is 15.4. The molecule has 3 aromatic rings. The molecule has 1 aliphatic rings. The monoisotopic (exact) mass is 434 g/mol. The maximum absolute atomic E-state index is 15.0. The van der Waals surface area contributed by atoms with E-state index in [2.05, 4.69) is 43.9 Å². The molecule has 32 heavy (non-hydrogen) atoms. The number of para-hydroxylation sites is 1. The first kappa shape index (κ1) is 22.2. The van der Waals surface area contributed by atoms with E-state index in [0.29, 0.717) is 30.0 Å². The van der Waals surface area contributed by atoms with Crippen LogP contribution in [0.2, 0.25) is 0 Å². The first-order valence-electron chi connectivity index (χ1n) is 11.1. The number of benzene rings is 2. The van der Waals surface area contributed by atoms with E-state index in [1.807, 2.05) is 33.2 Å². The number of hydrogen-bond acceptors (Lipinski definition) is 5. The van der Waals surface area contributed by atoms with Crippen molar-refractivity contribution in [3.63, 3.8) is 0 Å². The van der Waals surface area contributed by atoms with Gasteiger partial charge in [0.2, 0.25) is 0 Å². The lowest BCUT2D eigenvalue weighted by Crippen LogP contribution is -2.46. The van der Waals surface area contributed by atoms with Gasteiger partial charge in [0, 0.05) is 64.3 Å². The van der Waals surface area contributed by atoms with E-state index < -0.39 is 6.10 Å². The SMILES string of the molecule is Cc1cccnc1[C@@H](O)c1cccc(F)c1N1CCN(Cc2ccc(N(C)C)cc2)CC1. The zero-order valence-corrected chi connectivity index (χ0v) is 19.0. The van der Waals surface area contributed by atoms with E-state index in [-0.39, 0.29) is 5.82 Å². The highest BCUT2D eigenvalue weighted by atomic mass is 19.1. The molecule has 1 aliphatic heterocycles. The van der Waals surface area contributed by atoms with E-state index in [9.17, 15) is 9.50 Å². The Morgan fingerprint density at radius 3 is 2.38 bits per heavy atom. The summed E-state index contributed by atoms with van der Waals surface area (Å²) in [5.41, 5.74) is 4.98. The molecule has 0 spiro atoms. The number of rotatable bonds is 6. The van der Waals surface area contributed by atoms with Gasteiger partial charge in [-0.2, -0.15) is 0 Å². The summed E-state index contributed by atoms with van der Waals surface area (Å²) in [6.07, 6.45) is 0.698. The Balaban J connectivity index is 1.47. The second kappa shape index (κ2) is 9.67. The van der Waals surface area contributed by atoms with Crippen LogP contribution in [-0.2, 0) is 6.54 Å². The third-order valence-electron chi connectivity index (χ3n) is 6.17. The van der Waals surface area contributed by atoms with Crippen LogP contribution in [0.3, 0.4) is 0 Å². The van der Waals surface area contributed by atoms with E-state index in [1.54, 1.807) is 18.3 Å². The highest BCUT2D eigenvalue weighted by Crippen LogP contribution is 2.34. The molecule has 2 heterocycles. The Kier molecular flexibility index (Phi) is 6.72. The van der Waals surface area contributed by atoms with Crippen molar-refractivity contribution in [2.24, 2.45) is 0 Å². The van der Waals surface area contributed by atoms with Crippen LogP contribution in [0.15, 0.2) is 60.8 Å². The predicted molar refractivity (Wildman–Crippen MR) is 128 cm³/mol. The topological polar surface area (TPSA) is 42.8 Å². The van der Waals surface area contributed by atoms with E-state index in [4.69, 9.17) is 0 Å². The smallest absolute Gasteiger partial charge is 0.146 e. The minimum atomic E-state index is -0.963. The molecule has 0 aliphatic carbocycles. The van der Waals surface area contributed by atoms with Crippen LogP contribution in [-0.4, -0.2) is 55.3 Å². The Labute approximate surface area is 189 Å². The van der Waals surface area contributed by atoms with Crippen molar-refractivity contribution in [2.75, 3.05) is 50.1 Å². The van der Waals surface area contributed by atoms with Crippen molar-refractivity contribution in [1.82, 2.24) is 9.88 Å². The van der Waals surface area contributed by atoms with Gasteiger partial charge in [0.25, 0.3) is 0 Å². The number of nitrogens with zero attached hydrogens (tertiary/aromatic N) is 4.